The van der Waals surface area contributed by atoms with Gasteiger partial charge in [0.2, 0.25) is 11.8 Å². The van der Waals surface area contributed by atoms with E-state index in [9.17, 15) is 10.1 Å². The van der Waals surface area contributed by atoms with Crippen molar-refractivity contribution in [2.75, 3.05) is 17.2 Å². The van der Waals surface area contributed by atoms with Crippen LogP contribution in [0.3, 0.4) is 0 Å². The first-order valence-electron chi connectivity index (χ1n) is 6.45. The maximum Gasteiger partial charge on any atom is 0.329 e. The number of nitro groups is 1. The molecule has 0 radical (unpaired) electrons. The average Bonchev–Trinajstić information content (AvgIpc) is 2.44. The molecule has 0 aromatic carbocycles. The number of rotatable bonds is 5. The summed E-state index contributed by atoms with van der Waals surface area (Å²) in [5, 5.41) is 11.1. The van der Waals surface area contributed by atoms with Crippen LogP contribution >= 0.6 is 0 Å². The van der Waals surface area contributed by atoms with Crippen LogP contribution in [0.2, 0.25) is 0 Å². The molecule has 2 aromatic rings. The summed E-state index contributed by atoms with van der Waals surface area (Å²) in [4.78, 5) is 24.4. The van der Waals surface area contributed by atoms with Crippen molar-refractivity contribution in [3.05, 3.63) is 45.9 Å². The lowest BCUT2D eigenvalue weighted by atomic mass is 10.3. The lowest BCUT2D eigenvalue weighted by Gasteiger charge is -2.21. The molecule has 0 aliphatic rings. The van der Waals surface area contributed by atoms with Crippen LogP contribution < -0.4 is 10.6 Å². The second-order valence-corrected chi connectivity index (χ2v) is 4.48. The molecular weight excluding hydrogens is 272 g/mol. The molecule has 21 heavy (non-hydrogen) atoms. The van der Waals surface area contributed by atoms with Gasteiger partial charge in [0.25, 0.3) is 0 Å². The summed E-state index contributed by atoms with van der Waals surface area (Å²) < 4.78 is 0. The van der Waals surface area contributed by atoms with Crippen molar-refractivity contribution in [2.45, 2.75) is 20.4 Å². The minimum atomic E-state index is -0.513. The van der Waals surface area contributed by atoms with Crippen molar-refractivity contribution in [3.8, 4) is 0 Å². The SMILES string of the molecule is CCN(Cc1cccc(C)n1)c1nc(N)ncc1[N+](=O)[O-]. The van der Waals surface area contributed by atoms with E-state index in [2.05, 4.69) is 15.0 Å². The van der Waals surface area contributed by atoms with Gasteiger partial charge in [0.05, 0.1) is 17.2 Å². The van der Waals surface area contributed by atoms with Crippen LogP contribution in [0, 0.1) is 17.0 Å². The van der Waals surface area contributed by atoms with Crippen molar-refractivity contribution < 1.29 is 4.92 Å². The van der Waals surface area contributed by atoms with Gasteiger partial charge in [-0.05, 0) is 26.0 Å². The van der Waals surface area contributed by atoms with Crippen LogP contribution in [0.1, 0.15) is 18.3 Å². The minimum Gasteiger partial charge on any atom is -0.368 e. The van der Waals surface area contributed by atoms with Gasteiger partial charge in [-0.2, -0.15) is 4.98 Å². The average molecular weight is 288 g/mol. The summed E-state index contributed by atoms with van der Waals surface area (Å²) in [5.41, 5.74) is 7.08. The summed E-state index contributed by atoms with van der Waals surface area (Å²) in [5.74, 6) is 0.213. The molecule has 2 heterocycles. The quantitative estimate of drug-likeness (QED) is 0.658. The maximum absolute atomic E-state index is 11.1. The number of aryl methyl sites for hydroxylation is 1. The lowest BCUT2D eigenvalue weighted by molar-refractivity contribution is -0.384. The highest BCUT2D eigenvalue weighted by atomic mass is 16.6. The van der Waals surface area contributed by atoms with E-state index in [0.717, 1.165) is 17.6 Å². The van der Waals surface area contributed by atoms with Gasteiger partial charge >= 0.3 is 5.69 Å². The Morgan fingerprint density at radius 3 is 2.76 bits per heavy atom. The van der Waals surface area contributed by atoms with Crippen molar-refractivity contribution in [2.24, 2.45) is 0 Å². The fraction of sp³-hybridized carbons (Fsp3) is 0.308. The normalized spacial score (nSPS) is 10.4. The van der Waals surface area contributed by atoms with Crippen molar-refractivity contribution in [3.63, 3.8) is 0 Å². The largest absolute Gasteiger partial charge is 0.368 e. The zero-order valence-corrected chi connectivity index (χ0v) is 11.9. The Labute approximate surface area is 121 Å². The molecule has 2 N–H and O–H groups in total. The Hall–Kier alpha value is -2.77. The Balaban J connectivity index is 2.37. The third-order valence-electron chi connectivity index (χ3n) is 2.95. The highest BCUT2D eigenvalue weighted by molar-refractivity contribution is 5.58. The number of nitrogen functional groups attached to an aromatic ring is 1. The number of anilines is 2. The first kappa shape index (κ1) is 14.6. The third kappa shape index (κ3) is 3.41. The molecule has 8 nitrogen and oxygen atoms in total. The van der Waals surface area contributed by atoms with Gasteiger partial charge in [0, 0.05) is 12.2 Å². The highest BCUT2D eigenvalue weighted by Crippen LogP contribution is 2.26. The van der Waals surface area contributed by atoms with Crippen LogP contribution in [0.15, 0.2) is 24.4 Å². The Bertz CT molecular complexity index is 661. The van der Waals surface area contributed by atoms with Crippen LogP contribution in [0.4, 0.5) is 17.5 Å². The summed E-state index contributed by atoms with van der Waals surface area (Å²) in [6.45, 7) is 4.73. The van der Waals surface area contributed by atoms with E-state index in [0.29, 0.717) is 13.1 Å². The molecule has 0 fully saturated rings. The first-order chi connectivity index (χ1) is 10.0. The first-order valence-corrected chi connectivity index (χ1v) is 6.45. The smallest absolute Gasteiger partial charge is 0.329 e. The lowest BCUT2D eigenvalue weighted by Crippen LogP contribution is -2.25. The molecule has 2 rings (SSSR count). The molecule has 0 aliphatic heterocycles. The molecule has 2 aromatic heterocycles. The van der Waals surface area contributed by atoms with E-state index in [1.54, 1.807) is 4.90 Å². The molecule has 0 saturated heterocycles. The Morgan fingerprint density at radius 2 is 2.14 bits per heavy atom. The van der Waals surface area contributed by atoms with Crippen LogP contribution in [-0.4, -0.2) is 26.4 Å². The molecule has 0 saturated carbocycles. The highest BCUT2D eigenvalue weighted by Gasteiger charge is 2.22. The van der Waals surface area contributed by atoms with E-state index in [-0.39, 0.29) is 17.5 Å². The summed E-state index contributed by atoms with van der Waals surface area (Å²) in [6, 6.07) is 5.66. The fourth-order valence-electron chi connectivity index (χ4n) is 1.96. The second-order valence-electron chi connectivity index (χ2n) is 4.48. The van der Waals surface area contributed by atoms with Gasteiger partial charge in [-0.3, -0.25) is 15.1 Å². The van der Waals surface area contributed by atoms with Crippen molar-refractivity contribution >= 4 is 17.5 Å². The molecule has 110 valence electrons. The standard InChI is InChI=1S/C13H16N6O2/c1-3-18(8-10-6-4-5-9(2)16-10)12-11(19(20)21)7-15-13(14)17-12/h4-7H,3,8H2,1-2H3,(H2,14,15,17). The molecule has 0 unspecified atom stereocenters. The van der Waals surface area contributed by atoms with Gasteiger partial charge in [0.1, 0.15) is 6.20 Å². The predicted octanol–water partition coefficient (Wildman–Crippen LogP) is 1.70. The summed E-state index contributed by atoms with van der Waals surface area (Å²) in [7, 11) is 0. The van der Waals surface area contributed by atoms with Gasteiger partial charge < -0.3 is 10.6 Å². The van der Waals surface area contributed by atoms with Crippen LogP contribution in [-0.2, 0) is 6.54 Å². The molecular formula is C13H16N6O2. The maximum atomic E-state index is 11.1. The van der Waals surface area contributed by atoms with Gasteiger partial charge in [-0.25, -0.2) is 4.98 Å². The van der Waals surface area contributed by atoms with Gasteiger partial charge in [-0.1, -0.05) is 6.07 Å². The second kappa shape index (κ2) is 6.12. The predicted molar refractivity (Wildman–Crippen MR) is 78.8 cm³/mol. The van der Waals surface area contributed by atoms with Crippen LogP contribution in [0.25, 0.3) is 0 Å². The molecule has 8 heteroatoms. The van der Waals surface area contributed by atoms with Gasteiger partial charge in [-0.15, -0.1) is 0 Å². The van der Waals surface area contributed by atoms with E-state index in [4.69, 9.17) is 5.73 Å². The molecule has 0 bridgehead atoms. The van der Waals surface area contributed by atoms with E-state index in [1.807, 2.05) is 32.0 Å². The van der Waals surface area contributed by atoms with Crippen LogP contribution in [0.5, 0.6) is 0 Å². The van der Waals surface area contributed by atoms with E-state index in [1.165, 1.54) is 0 Å². The van der Waals surface area contributed by atoms with E-state index >= 15 is 0 Å². The number of aromatic nitrogens is 3. The topological polar surface area (TPSA) is 111 Å². The van der Waals surface area contributed by atoms with Crippen molar-refractivity contribution in [1.82, 2.24) is 15.0 Å². The van der Waals surface area contributed by atoms with Gasteiger partial charge in [0.15, 0.2) is 0 Å². The molecule has 0 amide bonds. The third-order valence-corrected chi connectivity index (χ3v) is 2.95. The number of pyridine rings is 1. The Morgan fingerprint density at radius 1 is 1.38 bits per heavy atom. The number of hydrogen-bond acceptors (Lipinski definition) is 7. The van der Waals surface area contributed by atoms with E-state index < -0.39 is 4.92 Å². The molecule has 0 spiro atoms. The molecule has 0 atom stereocenters. The minimum absolute atomic E-state index is 0.00579. The number of nitrogens with zero attached hydrogens (tertiary/aromatic N) is 5. The monoisotopic (exact) mass is 288 g/mol. The summed E-state index contributed by atoms with van der Waals surface area (Å²) in [6.07, 6.45) is 1.13. The van der Waals surface area contributed by atoms with Crippen molar-refractivity contribution in [1.29, 1.82) is 0 Å². The zero-order chi connectivity index (χ0) is 15.4. The number of nitrogens with two attached hydrogens (primary N) is 1. The summed E-state index contributed by atoms with van der Waals surface area (Å²) >= 11 is 0. The Kier molecular flexibility index (Phi) is 4.27. The number of hydrogen-bond donors (Lipinski definition) is 1. The fourth-order valence-corrected chi connectivity index (χ4v) is 1.96. The molecule has 0 aliphatic carbocycles. The zero-order valence-electron chi connectivity index (χ0n) is 11.9.